The van der Waals surface area contributed by atoms with E-state index in [-0.39, 0.29) is 0 Å². The molecule has 0 spiro atoms. The van der Waals surface area contributed by atoms with Crippen molar-refractivity contribution in [2.24, 2.45) is 0 Å². The van der Waals surface area contributed by atoms with E-state index in [2.05, 4.69) is 25.4 Å². The van der Waals surface area contributed by atoms with Crippen molar-refractivity contribution >= 4 is 0 Å². The number of rotatable bonds is 4. The Hall–Kier alpha value is -1.22. The molecule has 0 aromatic heterocycles. The Labute approximate surface area is 85.0 Å². The first-order valence-corrected chi connectivity index (χ1v) is 4.74. The minimum atomic E-state index is 0.440. The Morgan fingerprint density at radius 1 is 1.14 bits per heavy atom. The lowest BCUT2D eigenvalue weighted by molar-refractivity contribution is -0.666. The average Bonchev–Trinajstić information content (AvgIpc) is 2.26. The van der Waals surface area contributed by atoms with Gasteiger partial charge < -0.3 is 14.8 Å². The lowest BCUT2D eigenvalue weighted by Gasteiger charge is -2.11. The summed E-state index contributed by atoms with van der Waals surface area (Å²) in [6.07, 6.45) is 0. The van der Waals surface area contributed by atoms with Crippen LogP contribution in [-0.4, -0.2) is 21.3 Å². The number of methoxy groups -OCH3 is 2. The normalized spacial score (nSPS) is 12.3. The standard InChI is InChI=1S/C11H17NO2/c1-8(12-2)9-5-6-10(13-3)11(7-9)14-4/h5-8,12H,1-4H3/p+1/t8-/m1/s1. The summed E-state index contributed by atoms with van der Waals surface area (Å²) >= 11 is 0. The maximum Gasteiger partial charge on any atom is 0.161 e. The molecule has 1 aromatic carbocycles. The molecule has 0 saturated heterocycles. The molecule has 1 rings (SSSR count). The van der Waals surface area contributed by atoms with Gasteiger partial charge >= 0.3 is 0 Å². The van der Waals surface area contributed by atoms with Crippen LogP contribution in [0.4, 0.5) is 0 Å². The Balaban J connectivity index is 3.01. The summed E-state index contributed by atoms with van der Waals surface area (Å²) in [5, 5.41) is 2.15. The van der Waals surface area contributed by atoms with Gasteiger partial charge in [0.05, 0.1) is 21.3 Å². The van der Waals surface area contributed by atoms with Gasteiger partial charge in [0.25, 0.3) is 0 Å². The topological polar surface area (TPSA) is 35.1 Å². The van der Waals surface area contributed by atoms with Crippen LogP contribution in [0.3, 0.4) is 0 Å². The van der Waals surface area contributed by atoms with E-state index in [0.29, 0.717) is 6.04 Å². The number of quaternary nitrogens is 1. The van der Waals surface area contributed by atoms with E-state index in [9.17, 15) is 0 Å². The van der Waals surface area contributed by atoms with Gasteiger partial charge in [0.2, 0.25) is 0 Å². The van der Waals surface area contributed by atoms with Crippen LogP contribution in [0.2, 0.25) is 0 Å². The molecule has 2 N–H and O–H groups in total. The number of hydrogen-bond acceptors (Lipinski definition) is 2. The Morgan fingerprint density at radius 3 is 2.29 bits per heavy atom. The third-order valence-electron chi connectivity index (χ3n) is 2.43. The Bertz CT molecular complexity index is 299. The average molecular weight is 196 g/mol. The van der Waals surface area contributed by atoms with Gasteiger partial charge in [-0.05, 0) is 25.1 Å². The lowest BCUT2D eigenvalue weighted by atomic mass is 10.1. The van der Waals surface area contributed by atoms with Gasteiger partial charge in [0.1, 0.15) is 6.04 Å². The molecule has 0 aliphatic heterocycles. The van der Waals surface area contributed by atoms with Gasteiger partial charge in [0.15, 0.2) is 11.5 Å². The van der Waals surface area contributed by atoms with Crippen molar-refractivity contribution in [3.8, 4) is 11.5 Å². The summed E-state index contributed by atoms with van der Waals surface area (Å²) < 4.78 is 10.4. The van der Waals surface area contributed by atoms with Crippen LogP contribution in [0.1, 0.15) is 18.5 Å². The first-order valence-electron chi connectivity index (χ1n) is 4.74. The van der Waals surface area contributed by atoms with Crippen molar-refractivity contribution < 1.29 is 14.8 Å². The summed E-state index contributed by atoms with van der Waals surface area (Å²) in [7, 11) is 5.36. The molecule has 14 heavy (non-hydrogen) atoms. The highest BCUT2D eigenvalue weighted by Gasteiger charge is 2.10. The fraction of sp³-hybridized carbons (Fsp3) is 0.455. The van der Waals surface area contributed by atoms with Crippen LogP contribution in [0.25, 0.3) is 0 Å². The predicted molar refractivity (Wildman–Crippen MR) is 55.8 cm³/mol. The number of benzene rings is 1. The molecular formula is C11H18NO2+. The molecule has 0 fully saturated rings. The van der Waals surface area contributed by atoms with Crippen molar-refractivity contribution in [2.75, 3.05) is 21.3 Å². The smallest absolute Gasteiger partial charge is 0.161 e. The van der Waals surface area contributed by atoms with Crippen molar-refractivity contribution in [1.29, 1.82) is 0 Å². The van der Waals surface area contributed by atoms with Crippen LogP contribution < -0.4 is 14.8 Å². The largest absolute Gasteiger partial charge is 0.493 e. The van der Waals surface area contributed by atoms with Crippen molar-refractivity contribution in [1.82, 2.24) is 0 Å². The van der Waals surface area contributed by atoms with Gasteiger partial charge in [0, 0.05) is 5.56 Å². The maximum atomic E-state index is 5.23. The van der Waals surface area contributed by atoms with Gasteiger partial charge in [-0.1, -0.05) is 0 Å². The van der Waals surface area contributed by atoms with Crippen LogP contribution in [0, 0.1) is 0 Å². The zero-order chi connectivity index (χ0) is 10.6. The fourth-order valence-electron chi connectivity index (χ4n) is 1.33. The summed E-state index contributed by atoms with van der Waals surface area (Å²) in [6, 6.07) is 6.46. The molecule has 0 aliphatic rings. The molecule has 3 nitrogen and oxygen atoms in total. The van der Waals surface area contributed by atoms with Gasteiger partial charge in [-0.3, -0.25) is 0 Å². The van der Waals surface area contributed by atoms with E-state index < -0.39 is 0 Å². The Morgan fingerprint density at radius 2 is 1.79 bits per heavy atom. The van der Waals surface area contributed by atoms with Crippen molar-refractivity contribution in [3.05, 3.63) is 23.8 Å². The molecule has 0 unspecified atom stereocenters. The van der Waals surface area contributed by atoms with Crippen LogP contribution >= 0.6 is 0 Å². The first-order chi connectivity index (χ1) is 6.72. The summed E-state index contributed by atoms with van der Waals surface area (Å²) in [5.41, 5.74) is 1.24. The van der Waals surface area contributed by atoms with E-state index in [0.717, 1.165) is 11.5 Å². The minimum Gasteiger partial charge on any atom is -0.493 e. The molecule has 1 aromatic rings. The van der Waals surface area contributed by atoms with Crippen LogP contribution in [0.5, 0.6) is 11.5 Å². The molecule has 0 bridgehead atoms. The highest BCUT2D eigenvalue weighted by molar-refractivity contribution is 5.43. The van der Waals surface area contributed by atoms with E-state index in [1.165, 1.54) is 5.56 Å². The zero-order valence-electron chi connectivity index (χ0n) is 9.20. The summed E-state index contributed by atoms with van der Waals surface area (Å²) in [5.74, 6) is 1.57. The second kappa shape index (κ2) is 4.86. The number of nitrogens with two attached hydrogens (primary N) is 1. The molecule has 0 aliphatic carbocycles. The molecule has 0 amide bonds. The third kappa shape index (κ3) is 2.17. The van der Waals surface area contributed by atoms with E-state index in [4.69, 9.17) is 9.47 Å². The fourth-order valence-corrected chi connectivity index (χ4v) is 1.33. The molecule has 3 heteroatoms. The van der Waals surface area contributed by atoms with E-state index in [1.807, 2.05) is 12.1 Å². The monoisotopic (exact) mass is 196 g/mol. The van der Waals surface area contributed by atoms with Crippen molar-refractivity contribution in [3.63, 3.8) is 0 Å². The molecular weight excluding hydrogens is 178 g/mol. The van der Waals surface area contributed by atoms with Gasteiger partial charge in [-0.2, -0.15) is 0 Å². The first kappa shape index (κ1) is 10.9. The SMILES string of the molecule is C[NH2+][C@H](C)c1ccc(OC)c(OC)c1. The second-order valence-electron chi connectivity index (χ2n) is 3.24. The minimum absolute atomic E-state index is 0.440. The number of hydrogen-bond donors (Lipinski definition) is 1. The predicted octanol–water partition coefficient (Wildman–Crippen LogP) is 0.958. The maximum absolute atomic E-state index is 5.23. The lowest BCUT2D eigenvalue weighted by Crippen LogP contribution is -2.80. The van der Waals surface area contributed by atoms with E-state index in [1.54, 1.807) is 14.2 Å². The van der Waals surface area contributed by atoms with Crippen molar-refractivity contribution in [2.45, 2.75) is 13.0 Å². The molecule has 0 saturated carbocycles. The summed E-state index contributed by atoms with van der Waals surface area (Å²) in [4.78, 5) is 0. The van der Waals surface area contributed by atoms with Crippen LogP contribution in [0.15, 0.2) is 18.2 Å². The third-order valence-corrected chi connectivity index (χ3v) is 2.43. The second-order valence-corrected chi connectivity index (χ2v) is 3.24. The highest BCUT2D eigenvalue weighted by Crippen LogP contribution is 2.28. The quantitative estimate of drug-likeness (QED) is 0.778. The Kier molecular flexibility index (Phi) is 3.77. The molecule has 78 valence electrons. The van der Waals surface area contributed by atoms with Gasteiger partial charge in [-0.15, -0.1) is 0 Å². The zero-order valence-corrected chi connectivity index (χ0v) is 9.20. The summed E-state index contributed by atoms with van der Waals surface area (Å²) in [6.45, 7) is 2.15. The molecule has 0 radical (unpaired) electrons. The van der Waals surface area contributed by atoms with E-state index >= 15 is 0 Å². The highest BCUT2D eigenvalue weighted by atomic mass is 16.5. The van der Waals surface area contributed by atoms with Crippen LogP contribution in [-0.2, 0) is 0 Å². The van der Waals surface area contributed by atoms with Gasteiger partial charge in [-0.25, -0.2) is 0 Å². The number of ether oxygens (including phenoxy) is 2. The molecule has 0 heterocycles. The molecule has 1 atom stereocenters.